The van der Waals surface area contributed by atoms with Crippen molar-refractivity contribution >= 4 is 10.0 Å². The molecule has 1 atom stereocenters. The molecule has 0 fully saturated rings. The summed E-state index contributed by atoms with van der Waals surface area (Å²) in [6.07, 6.45) is 3.07. The van der Waals surface area contributed by atoms with Crippen molar-refractivity contribution < 1.29 is 8.42 Å². The molecule has 1 aliphatic heterocycles. The van der Waals surface area contributed by atoms with Gasteiger partial charge in [0.2, 0.25) is 10.0 Å². The van der Waals surface area contributed by atoms with Crippen LogP contribution in [0.25, 0.3) is 0 Å². The van der Waals surface area contributed by atoms with Gasteiger partial charge in [-0.1, -0.05) is 32.8 Å². The molecule has 2 rings (SSSR count). The molecule has 1 unspecified atom stereocenters. The molecule has 0 spiro atoms. The fourth-order valence-electron chi connectivity index (χ4n) is 2.66. The zero-order chi connectivity index (χ0) is 15.5. The Labute approximate surface area is 128 Å². The van der Waals surface area contributed by atoms with Gasteiger partial charge in [-0.25, -0.2) is 13.1 Å². The summed E-state index contributed by atoms with van der Waals surface area (Å²) in [5.41, 5.74) is 2.28. The van der Waals surface area contributed by atoms with E-state index in [-0.39, 0.29) is 6.04 Å². The molecule has 2 N–H and O–H groups in total. The highest BCUT2D eigenvalue weighted by Crippen LogP contribution is 2.20. The topological polar surface area (TPSA) is 58.2 Å². The molecule has 0 bridgehead atoms. The third-order valence-corrected chi connectivity index (χ3v) is 5.48. The SMILES string of the molecule is CC(C)CCCC(C)NS(=O)(=O)c1ccc2c(c1)CNC2. The van der Waals surface area contributed by atoms with Crippen molar-refractivity contribution in [3.05, 3.63) is 29.3 Å². The normalized spacial score (nSPS) is 16.2. The maximum Gasteiger partial charge on any atom is 0.240 e. The standard InChI is InChI=1S/C16H26N2O2S/c1-12(2)5-4-6-13(3)18-21(19,20)16-8-7-14-10-17-11-15(14)9-16/h7-9,12-13,17-18H,4-6,10-11H2,1-3H3. The monoisotopic (exact) mass is 310 g/mol. The fourth-order valence-corrected chi connectivity index (χ4v) is 3.99. The van der Waals surface area contributed by atoms with Gasteiger partial charge in [0.1, 0.15) is 0 Å². The maximum atomic E-state index is 12.4. The number of rotatable bonds is 7. The second-order valence-electron chi connectivity index (χ2n) is 6.38. The third-order valence-electron chi connectivity index (χ3n) is 3.89. The van der Waals surface area contributed by atoms with Crippen molar-refractivity contribution in [2.75, 3.05) is 0 Å². The van der Waals surface area contributed by atoms with E-state index in [1.54, 1.807) is 12.1 Å². The third kappa shape index (κ3) is 4.53. The van der Waals surface area contributed by atoms with Crippen LogP contribution in [-0.2, 0) is 23.1 Å². The summed E-state index contributed by atoms with van der Waals surface area (Å²) in [5, 5.41) is 3.23. The predicted molar refractivity (Wildman–Crippen MR) is 85.5 cm³/mol. The molecule has 1 aromatic carbocycles. The molecule has 4 nitrogen and oxygen atoms in total. The van der Waals surface area contributed by atoms with Crippen molar-refractivity contribution in [1.29, 1.82) is 0 Å². The van der Waals surface area contributed by atoms with E-state index in [0.717, 1.165) is 37.9 Å². The van der Waals surface area contributed by atoms with E-state index in [1.165, 1.54) is 5.56 Å². The highest BCUT2D eigenvalue weighted by Gasteiger charge is 2.20. The van der Waals surface area contributed by atoms with Crippen molar-refractivity contribution in [3.8, 4) is 0 Å². The van der Waals surface area contributed by atoms with E-state index < -0.39 is 10.0 Å². The minimum atomic E-state index is -3.41. The molecule has 21 heavy (non-hydrogen) atoms. The van der Waals surface area contributed by atoms with Gasteiger partial charge in [0.05, 0.1) is 4.90 Å². The zero-order valence-corrected chi connectivity index (χ0v) is 14.0. The Hall–Kier alpha value is -0.910. The van der Waals surface area contributed by atoms with Crippen LogP contribution in [0.2, 0.25) is 0 Å². The first-order chi connectivity index (χ1) is 9.88. The van der Waals surface area contributed by atoms with Crippen LogP contribution in [0.3, 0.4) is 0 Å². The molecule has 0 saturated carbocycles. The van der Waals surface area contributed by atoms with Crippen molar-refractivity contribution in [3.63, 3.8) is 0 Å². The molecular formula is C16H26N2O2S. The minimum absolute atomic E-state index is 0.0277. The van der Waals surface area contributed by atoms with Crippen LogP contribution >= 0.6 is 0 Å². The van der Waals surface area contributed by atoms with Gasteiger partial charge in [0.15, 0.2) is 0 Å². The van der Waals surface area contributed by atoms with Gasteiger partial charge in [-0.3, -0.25) is 0 Å². The predicted octanol–water partition coefficient (Wildman–Crippen LogP) is 2.78. The molecule has 1 heterocycles. The lowest BCUT2D eigenvalue weighted by molar-refractivity contribution is 0.488. The molecular weight excluding hydrogens is 284 g/mol. The Balaban J connectivity index is 1.98. The second kappa shape index (κ2) is 6.90. The Morgan fingerprint density at radius 3 is 2.57 bits per heavy atom. The molecule has 0 radical (unpaired) electrons. The maximum absolute atomic E-state index is 12.4. The van der Waals surface area contributed by atoms with Crippen LogP contribution in [0.5, 0.6) is 0 Å². The molecule has 1 aromatic rings. The quantitative estimate of drug-likeness (QED) is 0.814. The van der Waals surface area contributed by atoms with Gasteiger partial charge >= 0.3 is 0 Å². The summed E-state index contributed by atoms with van der Waals surface area (Å²) in [5.74, 6) is 0.665. The largest absolute Gasteiger partial charge is 0.309 e. The number of hydrogen-bond acceptors (Lipinski definition) is 3. The highest BCUT2D eigenvalue weighted by atomic mass is 32.2. The van der Waals surface area contributed by atoms with Crippen LogP contribution in [0.4, 0.5) is 0 Å². The van der Waals surface area contributed by atoms with Gasteiger partial charge in [-0.05, 0) is 42.5 Å². The Bertz CT molecular complexity index is 582. The smallest absolute Gasteiger partial charge is 0.240 e. The van der Waals surface area contributed by atoms with Gasteiger partial charge in [-0.15, -0.1) is 0 Å². The summed E-state index contributed by atoms with van der Waals surface area (Å²) in [7, 11) is -3.41. The van der Waals surface area contributed by atoms with Crippen LogP contribution in [-0.4, -0.2) is 14.5 Å². The number of sulfonamides is 1. The molecule has 1 aliphatic rings. The fraction of sp³-hybridized carbons (Fsp3) is 0.625. The first kappa shape index (κ1) is 16.5. The highest BCUT2D eigenvalue weighted by molar-refractivity contribution is 7.89. The Kier molecular flexibility index (Phi) is 5.41. The van der Waals surface area contributed by atoms with Crippen LogP contribution in [0.1, 0.15) is 51.2 Å². The lowest BCUT2D eigenvalue weighted by Gasteiger charge is -2.15. The van der Waals surface area contributed by atoms with E-state index in [2.05, 4.69) is 23.9 Å². The number of nitrogens with one attached hydrogen (secondary N) is 2. The zero-order valence-electron chi connectivity index (χ0n) is 13.1. The van der Waals surface area contributed by atoms with Gasteiger partial charge in [0.25, 0.3) is 0 Å². The van der Waals surface area contributed by atoms with Gasteiger partial charge in [-0.2, -0.15) is 0 Å². The number of fused-ring (bicyclic) bond motifs is 1. The van der Waals surface area contributed by atoms with Gasteiger partial charge < -0.3 is 5.32 Å². The van der Waals surface area contributed by atoms with Crippen molar-refractivity contribution in [1.82, 2.24) is 10.0 Å². The lowest BCUT2D eigenvalue weighted by Crippen LogP contribution is -2.32. The lowest BCUT2D eigenvalue weighted by atomic mass is 10.0. The average Bonchev–Trinajstić information content (AvgIpc) is 2.84. The van der Waals surface area contributed by atoms with Gasteiger partial charge in [0, 0.05) is 19.1 Å². The summed E-state index contributed by atoms with van der Waals surface area (Å²) in [6, 6.07) is 5.38. The summed E-state index contributed by atoms with van der Waals surface area (Å²) < 4.78 is 27.6. The van der Waals surface area contributed by atoms with Crippen LogP contribution in [0, 0.1) is 5.92 Å². The van der Waals surface area contributed by atoms with Crippen LogP contribution < -0.4 is 10.0 Å². The first-order valence-corrected chi connectivity index (χ1v) is 9.21. The first-order valence-electron chi connectivity index (χ1n) is 7.73. The van der Waals surface area contributed by atoms with Crippen molar-refractivity contribution in [2.24, 2.45) is 5.92 Å². The molecule has 118 valence electrons. The molecule has 5 heteroatoms. The molecule has 0 amide bonds. The van der Waals surface area contributed by atoms with E-state index in [0.29, 0.717) is 10.8 Å². The molecule has 0 aliphatic carbocycles. The number of benzene rings is 1. The van der Waals surface area contributed by atoms with E-state index in [4.69, 9.17) is 0 Å². The Morgan fingerprint density at radius 2 is 1.86 bits per heavy atom. The molecule has 0 saturated heterocycles. The summed E-state index contributed by atoms with van der Waals surface area (Å²) in [6.45, 7) is 7.89. The van der Waals surface area contributed by atoms with E-state index in [1.807, 2.05) is 13.0 Å². The molecule has 0 aromatic heterocycles. The van der Waals surface area contributed by atoms with E-state index in [9.17, 15) is 8.42 Å². The Morgan fingerprint density at radius 1 is 1.14 bits per heavy atom. The second-order valence-corrected chi connectivity index (χ2v) is 8.10. The summed E-state index contributed by atoms with van der Waals surface area (Å²) in [4.78, 5) is 0.376. The average molecular weight is 310 g/mol. The number of hydrogen-bond donors (Lipinski definition) is 2. The minimum Gasteiger partial charge on any atom is -0.309 e. The van der Waals surface area contributed by atoms with Crippen LogP contribution in [0.15, 0.2) is 23.1 Å². The van der Waals surface area contributed by atoms with Crippen molar-refractivity contribution in [2.45, 2.75) is 64.1 Å². The summed E-state index contributed by atoms with van der Waals surface area (Å²) >= 11 is 0. The van der Waals surface area contributed by atoms with E-state index >= 15 is 0 Å².